The molecule has 20 heavy (non-hydrogen) atoms. The van der Waals surface area contributed by atoms with Crippen molar-refractivity contribution >= 4 is 23.5 Å². The fraction of sp³-hybridized carbons (Fsp3) is 0.667. The predicted octanol–water partition coefficient (Wildman–Crippen LogP) is -1.63. The van der Waals surface area contributed by atoms with Crippen molar-refractivity contribution in [2.24, 2.45) is 5.41 Å². The number of hydrogen-bond acceptors (Lipinski definition) is 8. The highest BCUT2D eigenvalue weighted by Gasteiger charge is 2.58. The molecular formula is C12H16O8. The number of aliphatic hydroxyl groups is 2. The number of ketones is 2. The van der Waals surface area contributed by atoms with Gasteiger partial charge in [0.05, 0.1) is 19.6 Å². The van der Waals surface area contributed by atoms with Gasteiger partial charge in [0.1, 0.15) is 13.2 Å². The lowest BCUT2D eigenvalue weighted by atomic mass is 9.81. The van der Waals surface area contributed by atoms with Gasteiger partial charge in [-0.1, -0.05) is 0 Å². The molecule has 112 valence electrons. The van der Waals surface area contributed by atoms with Gasteiger partial charge in [-0.25, -0.2) is 0 Å². The van der Waals surface area contributed by atoms with E-state index in [1.165, 1.54) is 0 Å². The van der Waals surface area contributed by atoms with Gasteiger partial charge in [-0.2, -0.15) is 0 Å². The Morgan fingerprint density at radius 2 is 1.50 bits per heavy atom. The van der Waals surface area contributed by atoms with Crippen molar-refractivity contribution in [3.8, 4) is 0 Å². The Kier molecular flexibility index (Phi) is 5.78. The fourth-order valence-electron chi connectivity index (χ4n) is 1.99. The van der Waals surface area contributed by atoms with Crippen molar-refractivity contribution in [2.45, 2.75) is 19.3 Å². The second-order valence-corrected chi connectivity index (χ2v) is 4.23. The molecule has 0 heterocycles. The van der Waals surface area contributed by atoms with Crippen LogP contribution in [0.2, 0.25) is 0 Å². The topological polar surface area (TPSA) is 127 Å². The van der Waals surface area contributed by atoms with Gasteiger partial charge in [0, 0.05) is 12.8 Å². The van der Waals surface area contributed by atoms with Crippen molar-refractivity contribution in [1.29, 1.82) is 0 Å². The summed E-state index contributed by atoms with van der Waals surface area (Å²) in [4.78, 5) is 47.2. The summed E-state index contributed by atoms with van der Waals surface area (Å²) in [6.45, 7) is -1.52. The molecule has 0 amide bonds. The monoisotopic (exact) mass is 288 g/mol. The minimum Gasteiger partial charge on any atom is -0.463 e. The first-order valence-corrected chi connectivity index (χ1v) is 6.10. The third-order valence-corrected chi connectivity index (χ3v) is 2.97. The zero-order chi connectivity index (χ0) is 15.2. The van der Waals surface area contributed by atoms with Gasteiger partial charge < -0.3 is 19.7 Å². The Bertz CT molecular complexity index is 398. The maximum atomic E-state index is 11.9. The van der Waals surface area contributed by atoms with Crippen LogP contribution in [-0.2, 0) is 28.7 Å². The lowest BCUT2D eigenvalue weighted by molar-refractivity contribution is -0.168. The first-order chi connectivity index (χ1) is 9.48. The smallest absolute Gasteiger partial charge is 0.327 e. The Morgan fingerprint density at radius 1 is 1.00 bits per heavy atom. The van der Waals surface area contributed by atoms with Crippen molar-refractivity contribution in [3.05, 3.63) is 0 Å². The Balaban J connectivity index is 2.90. The third kappa shape index (κ3) is 3.20. The average molecular weight is 288 g/mol. The van der Waals surface area contributed by atoms with Gasteiger partial charge >= 0.3 is 11.9 Å². The minimum atomic E-state index is -2.16. The zero-order valence-corrected chi connectivity index (χ0v) is 10.8. The number of carbonyl (C=O) groups excluding carboxylic acids is 4. The van der Waals surface area contributed by atoms with Gasteiger partial charge in [-0.05, 0) is 0 Å². The molecule has 0 aromatic rings. The summed E-state index contributed by atoms with van der Waals surface area (Å²) >= 11 is 0. The number of hydrogen-bond donors (Lipinski definition) is 2. The standard InChI is InChI=1S/C12H16O8/c13-3-5-19-10(17)7-12(11(18)20-6-4-14)8(15)1-2-9(12)16/h13-14H,1-7H2. The molecule has 0 aliphatic heterocycles. The van der Waals surface area contributed by atoms with Crippen LogP contribution < -0.4 is 0 Å². The summed E-state index contributed by atoms with van der Waals surface area (Å²) in [7, 11) is 0. The zero-order valence-electron chi connectivity index (χ0n) is 10.8. The van der Waals surface area contributed by atoms with Gasteiger partial charge in [0.25, 0.3) is 0 Å². The second kappa shape index (κ2) is 7.11. The highest BCUT2D eigenvalue weighted by atomic mass is 16.5. The summed E-state index contributed by atoms with van der Waals surface area (Å²) in [5.41, 5.74) is -2.16. The van der Waals surface area contributed by atoms with E-state index in [1.807, 2.05) is 0 Å². The largest absolute Gasteiger partial charge is 0.463 e. The molecule has 8 heteroatoms. The van der Waals surface area contributed by atoms with Crippen molar-refractivity contribution < 1.29 is 38.9 Å². The molecule has 1 saturated carbocycles. The molecule has 1 aliphatic carbocycles. The molecule has 0 radical (unpaired) electrons. The van der Waals surface area contributed by atoms with Crippen LogP contribution in [0.5, 0.6) is 0 Å². The number of rotatable bonds is 7. The molecular weight excluding hydrogens is 272 g/mol. The molecule has 0 unspecified atom stereocenters. The van der Waals surface area contributed by atoms with Crippen molar-refractivity contribution in [3.63, 3.8) is 0 Å². The normalized spacial score (nSPS) is 17.1. The van der Waals surface area contributed by atoms with E-state index in [0.717, 1.165) is 0 Å². The first kappa shape index (κ1) is 16.3. The summed E-state index contributed by atoms with van der Waals surface area (Å²) in [6.07, 6.45) is -1.02. The molecule has 0 atom stereocenters. The van der Waals surface area contributed by atoms with E-state index < -0.39 is 48.6 Å². The third-order valence-electron chi connectivity index (χ3n) is 2.97. The number of ether oxygens (including phenoxy) is 2. The van der Waals surface area contributed by atoms with Gasteiger partial charge in [-0.15, -0.1) is 0 Å². The van der Waals surface area contributed by atoms with Crippen LogP contribution in [-0.4, -0.2) is 60.1 Å². The molecule has 1 aliphatic rings. The average Bonchev–Trinajstić information content (AvgIpc) is 2.71. The maximum absolute atomic E-state index is 11.9. The van der Waals surface area contributed by atoms with Gasteiger partial charge in [0.2, 0.25) is 0 Å². The number of Topliss-reactive ketones (excluding diaryl/α,β-unsaturated/α-hetero) is 2. The highest BCUT2D eigenvalue weighted by Crippen LogP contribution is 2.36. The molecule has 2 N–H and O–H groups in total. The molecule has 0 aromatic heterocycles. The quantitative estimate of drug-likeness (QED) is 0.422. The lowest BCUT2D eigenvalue weighted by Crippen LogP contribution is -2.45. The predicted molar refractivity (Wildman–Crippen MR) is 62.4 cm³/mol. The highest BCUT2D eigenvalue weighted by molar-refractivity contribution is 6.27. The van der Waals surface area contributed by atoms with Crippen LogP contribution in [0.1, 0.15) is 19.3 Å². The molecule has 8 nitrogen and oxygen atoms in total. The molecule has 1 fully saturated rings. The Labute approximate surface area is 114 Å². The maximum Gasteiger partial charge on any atom is 0.327 e. The van der Waals surface area contributed by atoms with E-state index in [1.54, 1.807) is 0 Å². The van der Waals surface area contributed by atoms with Gasteiger partial charge in [0.15, 0.2) is 17.0 Å². The van der Waals surface area contributed by atoms with Crippen LogP contribution in [0, 0.1) is 5.41 Å². The van der Waals surface area contributed by atoms with Crippen LogP contribution in [0.3, 0.4) is 0 Å². The van der Waals surface area contributed by atoms with E-state index in [2.05, 4.69) is 9.47 Å². The number of carbonyl (C=O) groups is 4. The first-order valence-electron chi connectivity index (χ1n) is 6.10. The Hall–Kier alpha value is -1.80. The second-order valence-electron chi connectivity index (χ2n) is 4.23. The molecule has 0 bridgehead atoms. The Morgan fingerprint density at radius 3 is 2.00 bits per heavy atom. The summed E-state index contributed by atoms with van der Waals surface area (Å²) in [5.74, 6) is -3.46. The number of esters is 2. The lowest BCUT2D eigenvalue weighted by Gasteiger charge is -2.22. The summed E-state index contributed by atoms with van der Waals surface area (Å²) in [5, 5.41) is 17.1. The van der Waals surface area contributed by atoms with E-state index in [9.17, 15) is 19.2 Å². The minimum absolute atomic E-state index is 0.139. The van der Waals surface area contributed by atoms with E-state index in [4.69, 9.17) is 10.2 Å². The summed E-state index contributed by atoms with van der Waals surface area (Å²) in [6, 6.07) is 0. The van der Waals surface area contributed by atoms with E-state index in [-0.39, 0.29) is 26.1 Å². The van der Waals surface area contributed by atoms with Crippen LogP contribution in [0.25, 0.3) is 0 Å². The SMILES string of the molecule is O=C(CC1(C(=O)OCCO)C(=O)CCC1=O)OCCO. The summed E-state index contributed by atoms with van der Waals surface area (Å²) < 4.78 is 9.22. The molecule has 0 aromatic carbocycles. The van der Waals surface area contributed by atoms with E-state index in [0.29, 0.717) is 0 Å². The van der Waals surface area contributed by atoms with Crippen molar-refractivity contribution in [1.82, 2.24) is 0 Å². The van der Waals surface area contributed by atoms with Crippen LogP contribution in [0.15, 0.2) is 0 Å². The van der Waals surface area contributed by atoms with E-state index >= 15 is 0 Å². The molecule has 0 saturated heterocycles. The number of aliphatic hydroxyl groups excluding tert-OH is 2. The van der Waals surface area contributed by atoms with Crippen LogP contribution >= 0.6 is 0 Å². The fourth-order valence-corrected chi connectivity index (χ4v) is 1.99. The van der Waals surface area contributed by atoms with Crippen molar-refractivity contribution in [2.75, 3.05) is 26.4 Å². The molecule has 0 spiro atoms. The van der Waals surface area contributed by atoms with Crippen LogP contribution in [0.4, 0.5) is 0 Å². The van der Waals surface area contributed by atoms with Gasteiger partial charge in [-0.3, -0.25) is 19.2 Å². The molecule has 1 rings (SSSR count).